The van der Waals surface area contributed by atoms with E-state index in [1.807, 2.05) is 0 Å². The molecule has 1 aromatic rings. The Morgan fingerprint density at radius 2 is 1.87 bits per heavy atom. The van der Waals surface area contributed by atoms with Crippen molar-refractivity contribution in [3.8, 4) is 0 Å². The average Bonchev–Trinajstić information content (AvgIpc) is 2.17. The molecule has 1 aromatic heterocycles. The topological polar surface area (TPSA) is 41.0 Å². The van der Waals surface area contributed by atoms with Crippen molar-refractivity contribution in [1.29, 1.82) is 0 Å². The molecule has 0 aliphatic carbocycles. The molecule has 4 nitrogen and oxygen atoms in total. The Kier molecular flexibility index (Phi) is 4.04. The van der Waals surface area contributed by atoms with E-state index in [0.717, 1.165) is 11.0 Å². The van der Waals surface area contributed by atoms with Crippen LogP contribution in [0.25, 0.3) is 0 Å². The van der Waals surface area contributed by atoms with Crippen LogP contribution in [0.15, 0.2) is 16.9 Å². The Balaban J connectivity index is 2.54. The molecule has 0 aromatic carbocycles. The number of likely N-dealkylation sites (N-methyl/N-ethyl adjacent to an activating group) is 1. The van der Waals surface area contributed by atoms with Crippen LogP contribution in [-0.4, -0.2) is 41.0 Å². The SMILES string of the molecule is CN(C)C(C)(C)CNc1ncc(Br)cn1. The second kappa shape index (κ2) is 4.90. The van der Waals surface area contributed by atoms with E-state index in [2.05, 4.69) is 64.1 Å². The Hall–Kier alpha value is -0.680. The Morgan fingerprint density at radius 3 is 2.33 bits per heavy atom. The highest BCUT2D eigenvalue weighted by molar-refractivity contribution is 9.10. The second-order valence-electron chi connectivity index (χ2n) is 4.29. The molecule has 1 N–H and O–H groups in total. The third-order valence-electron chi connectivity index (χ3n) is 2.51. The number of hydrogen-bond donors (Lipinski definition) is 1. The minimum absolute atomic E-state index is 0.0798. The maximum Gasteiger partial charge on any atom is 0.222 e. The van der Waals surface area contributed by atoms with Gasteiger partial charge in [0, 0.05) is 24.5 Å². The summed E-state index contributed by atoms with van der Waals surface area (Å²) in [6.45, 7) is 5.14. The number of anilines is 1. The summed E-state index contributed by atoms with van der Waals surface area (Å²) in [7, 11) is 4.12. The standard InChI is InChI=1S/C10H17BrN4/c1-10(2,15(3)4)7-14-9-12-5-8(11)6-13-9/h5-6H,7H2,1-4H3,(H,12,13,14). The van der Waals surface area contributed by atoms with Gasteiger partial charge in [-0.1, -0.05) is 0 Å². The Bertz CT molecular complexity index is 308. The summed E-state index contributed by atoms with van der Waals surface area (Å²) in [6.07, 6.45) is 3.47. The molecule has 0 aliphatic heterocycles. The molecular formula is C10H17BrN4. The van der Waals surface area contributed by atoms with Crippen molar-refractivity contribution in [1.82, 2.24) is 14.9 Å². The van der Waals surface area contributed by atoms with Crippen LogP contribution in [0, 0.1) is 0 Å². The van der Waals surface area contributed by atoms with E-state index < -0.39 is 0 Å². The fourth-order valence-corrected chi connectivity index (χ4v) is 1.06. The summed E-state index contributed by atoms with van der Waals surface area (Å²) in [5.74, 6) is 0.660. The van der Waals surface area contributed by atoms with Gasteiger partial charge in [0.25, 0.3) is 0 Å². The summed E-state index contributed by atoms with van der Waals surface area (Å²) in [5, 5.41) is 3.21. The molecule has 84 valence electrons. The third kappa shape index (κ3) is 3.76. The van der Waals surface area contributed by atoms with Gasteiger partial charge in [-0.25, -0.2) is 9.97 Å². The van der Waals surface area contributed by atoms with Gasteiger partial charge in [-0.3, -0.25) is 0 Å². The summed E-state index contributed by atoms with van der Waals surface area (Å²) >= 11 is 3.30. The van der Waals surface area contributed by atoms with Gasteiger partial charge in [0.2, 0.25) is 5.95 Å². The summed E-state index contributed by atoms with van der Waals surface area (Å²) in [4.78, 5) is 10.5. The van der Waals surface area contributed by atoms with Gasteiger partial charge in [-0.2, -0.15) is 0 Å². The average molecular weight is 273 g/mol. The van der Waals surface area contributed by atoms with Gasteiger partial charge in [0.05, 0.1) is 4.47 Å². The van der Waals surface area contributed by atoms with E-state index in [4.69, 9.17) is 0 Å². The monoisotopic (exact) mass is 272 g/mol. The van der Waals surface area contributed by atoms with Gasteiger partial charge < -0.3 is 10.2 Å². The maximum absolute atomic E-state index is 4.15. The molecule has 1 heterocycles. The number of rotatable bonds is 4. The van der Waals surface area contributed by atoms with Crippen LogP contribution in [-0.2, 0) is 0 Å². The second-order valence-corrected chi connectivity index (χ2v) is 5.20. The van der Waals surface area contributed by atoms with Crippen molar-refractivity contribution >= 4 is 21.9 Å². The molecule has 0 unspecified atom stereocenters. The van der Waals surface area contributed by atoms with Crippen LogP contribution in [0.3, 0.4) is 0 Å². The highest BCUT2D eigenvalue weighted by Gasteiger charge is 2.20. The minimum atomic E-state index is 0.0798. The smallest absolute Gasteiger partial charge is 0.222 e. The van der Waals surface area contributed by atoms with Crippen molar-refractivity contribution in [2.75, 3.05) is 26.0 Å². The number of hydrogen-bond acceptors (Lipinski definition) is 4. The summed E-state index contributed by atoms with van der Waals surface area (Å²) in [6, 6.07) is 0. The van der Waals surface area contributed by atoms with E-state index in [1.165, 1.54) is 0 Å². The zero-order valence-corrected chi connectivity index (χ0v) is 11.2. The molecule has 0 amide bonds. The largest absolute Gasteiger partial charge is 0.352 e. The molecule has 0 bridgehead atoms. The molecule has 15 heavy (non-hydrogen) atoms. The van der Waals surface area contributed by atoms with Crippen LogP contribution in [0.5, 0.6) is 0 Å². The number of nitrogens with zero attached hydrogens (tertiary/aromatic N) is 3. The van der Waals surface area contributed by atoms with Crippen molar-refractivity contribution in [3.63, 3.8) is 0 Å². The zero-order valence-electron chi connectivity index (χ0n) is 9.58. The van der Waals surface area contributed by atoms with Gasteiger partial charge >= 0.3 is 0 Å². The quantitative estimate of drug-likeness (QED) is 0.911. The lowest BCUT2D eigenvalue weighted by Crippen LogP contribution is -2.44. The summed E-state index contributed by atoms with van der Waals surface area (Å²) < 4.78 is 0.889. The first kappa shape index (κ1) is 12.4. The number of halogens is 1. The van der Waals surface area contributed by atoms with Crippen LogP contribution in [0.1, 0.15) is 13.8 Å². The predicted molar refractivity (Wildman–Crippen MR) is 66.0 cm³/mol. The maximum atomic E-state index is 4.15. The molecule has 0 saturated carbocycles. The van der Waals surface area contributed by atoms with Crippen LogP contribution >= 0.6 is 15.9 Å². The van der Waals surface area contributed by atoms with E-state index in [-0.39, 0.29) is 5.54 Å². The predicted octanol–water partition coefficient (Wildman–Crippen LogP) is 1.99. The zero-order chi connectivity index (χ0) is 11.5. The van der Waals surface area contributed by atoms with E-state index in [1.54, 1.807) is 12.4 Å². The van der Waals surface area contributed by atoms with Crippen molar-refractivity contribution in [2.24, 2.45) is 0 Å². The van der Waals surface area contributed by atoms with E-state index >= 15 is 0 Å². The highest BCUT2D eigenvalue weighted by Crippen LogP contribution is 2.11. The van der Waals surface area contributed by atoms with Gasteiger partial charge in [-0.15, -0.1) is 0 Å². The van der Waals surface area contributed by atoms with Gasteiger partial charge in [0.1, 0.15) is 0 Å². The molecule has 0 fully saturated rings. The first-order valence-electron chi connectivity index (χ1n) is 4.81. The lowest BCUT2D eigenvalue weighted by Gasteiger charge is -2.32. The van der Waals surface area contributed by atoms with Crippen molar-refractivity contribution in [3.05, 3.63) is 16.9 Å². The van der Waals surface area contributed by atoms with Crippen molar-refractivity contribution < 1.29 is 0 Å². The fourth-order valence-electron chi connectivity index (χ4n) is 0.857. The van der Waals surface area contributed by atoms with Crippen LogP contribution in [0.4, 0.5) is 5.95 Å². The number of nitrogens with one attached hydrogen (secondary N) is 1. The molecule has 5 heteroatoms. The Morgan fingerprint density at radius 1 is 1.33 bits per heavy atom. The molecule has 0 spiro atoms. The fraction of sp³-hybridized carbons (Fsp3) is 0.600. The van der Waals surface area contributed by atoms with E-state index in [0.29, 0.717) is 5.95 Å². The normalized spacial score (nSPS) is 11.9. The lowest BCUT2D eigenvalue weighted by molar-refractivity contribution is 0.209. The van der Waals surface area contributed by atoms with Crippen molar-refractivity contribution in [2.45, 2.75) is 19.4 Å². The molecular weight excluding hydrogens is 256 g/mol. The summed E-state index contributed by atoms with van der Waals surface area (Å²) in [5.41, 5.74) is 0.0798. The van der Waals surface area contributed by atoms with E-state index in [9.17, 15) is 0 Å². The van der Waals surface area contributed by atoms with Crippen LogP contribution in [0.2, 0.25) is 0 Å². The molecule has 1 rings (SSSR count). The molecule has 0 radical (unpaired) electrons. The Labute approximate surface area is 99.2 Å². The number of aromatic nitrogens is 2. The van der Waals surface area contributed by atoms with Crippen LogP contribution < -0.4 is 5.32 Å². The molecule has 0 saturated heterocycles. The molecule has 0 aliphatic rings. The first-order valence-corrected chi connectivity index (χ1v) is 5.60. The first-order chi connectivity index (χ1) is 6.92. The van der Waals surface area contributed by atoms with Gasteiger partial charge in [-0.05, 0) is 43.9 Å². The molecule has 0 atom stereocenters. The van der Waals surface area contributed by atoms with Gasteiger partial charge in [0.15, 0.2) is 0 Å². The minimum Gasteiger partial charge on any atom is -0.352 e. The third-order valence-corrected chi connectivity index (χ3v) is 2.92. The lowest BCUT2D eigenvalue weighted by atomic mass is 10.1. The highest BCUT2D eigenvalue weighted by atomic mass is 79.9.